The number of aromatic nitrogens is 1. The van der Waals surface area contributed by atoms with Crippen LogP contribution in [0, 0.1) is 25.2 Å². The number of furan rings is 1. The molecule has 0 saturated heterocycles. The molecule has 1 amide bonds. The summed E-state index contributed by atoms with van der Waals surface area (Å²) in [6, 6.07) is 11.1. The summed E-state index contributed by atoms with van der Waals surface area (Å²) in [5.41, 5.74) is 2.04. The molecular weight excluding hydrogens is 338 g/mol. The number of carbonyl (C=O) groups is 1. The Kier molecular flexibility index (Phi) is 4.39. The van der Waals surface area contributed by atoms with Crippen LogP contribution in [0.3, 0.4) is 0 Å². The Morgan fingerprint density at radius 1 is 1.28 bits per heavy atom. The average molecular weight is 354 g/mol. The first-order chi connectivity index (χ1) is 11.9. The molecule has 0 radical (unpaired) electrons. The Labute approximate surface area is 150 Å². The number of hydrogen-bond acceptors (Lipinski definition) is 3. The Bertz CT molecular complexity index is 981. The van der Waals surface area contributed by atoms with E-state index in [0.29, 0.717) is 22.4 Å². The molecule has 1 aromatic carbocycles. The lowest BCUT2D eigenvalue weighted by molar-refractivity contribution is 0.0991. The predicted molar refractivity (Wildman–Crippen MR) is 96.4 cm³/mol. The third-order valence-electron chi connectivity index (χ3n) is 4.08. The van der Waals surface area contributed by atoms with Gasteiger partial charge in [-0.15, -0.1) is 0 Å². The summed E-state index contributed by atoms with van der Waals surface area (Å²) in [4.78, 5) is 14.4. The SMILES string of the molecule is Cc1ccc(N(C)C(=O)c2c(C)oc(-n3cccc3)c2C#N)cc1Cl. The highest BCUT2D eigenvalue weighted by Crippen LogP contribution is 2.29. The molecule has 3 rings (SSSR count). The smallest absolute Gasteiger partial charge is 0.262 e. The van der Waals surface area contributed by atoms with Crippen molar-refractivity contribution < 1.29 is 9.21 Å². The van der Waals surface area contributed by atoms with E-state index in [9.17, 15) is 10.1 Å². The fourth-order valence-electron chi connectivity index (χ4n) is 2.62. The number of hydrogen-bond donors (Lipinski definition) is 0. The van der Waals surface area contributed by atoms with Crippen molar-refractivity contribution in [3.05, 3.63) is 70.2 Å². The monoisotopic (exact) mass is 353 g/mol. The lowest BCUT2D eigenvalue weighted by Gasteiger charge is -2.18. The minimum Gasteiger partial charge on any atom is -0.443 e. The zero-order chi connectivity index (χ0) is 18.1. The molecule has 2 heterocycles. The van der Waals surface area contributed by atoms with Gasteiger partial charge in [0.15, 0.2) is 0 Å². The molecular formula is C19H16ClN3O2. The van der Waals surface area contributed by atoms with Gasteiger partial charge in [-0.3, -0.25) is 9.36 Å². The van der Waals surface area contributed by atoms with Crippen molar-refractivity contribution in [3.8, 4) is 12.0 Å². The highest BCUT2D eigenvalue weighted by Gasteiger charge is 2.27. The van der Waals surface area contributed by atoms with Gasteiger partial charge in [-0.1, -0.05) is 17.7 Å². The standard InChI is InChI=1S/C19H16ClN3O2/c1-12-6-7-14(10-16(12)20)22(3)18(24)17-13(2)25-19(15(17)11-21)23-8-4-5-9-23/h4-10H,1-3H3. The maximum atomic E-state index is 13.0. The van der Waals surface area contributed by atoms with E-state index in [1.54, 1.807) is 37.0 Å². The van der Waals surface area contributed by atoms with Gasteiger partial charge in [0.1, 0.15) is 23.0 Å². The summed E-state index contributed by atoms with van der Waals surface area (Å²) >= 11 is 6.16. The molecule has 25 heavy (non-hydrogen) atoms. The van der Waals surface area contributed by atoms with E-state index in [2.05, 4.69) is 6.07 Å². The van der Waals surface area contributed by atoms with Crippen molar-refractivity contribution in [2.24, 2.45) is 0 Å². The molecule has 0 unspecified atom stereocenters. The average Bonchev–Trinajstić information content (AvgIpc) is 3.23. The Hall–Kier alpha value is -2.97. The van der Waals surface area contributed by atoms with Gasteiger partial charge in [0, 0.05) is 30.2 Å². The fraction of sp³-hybridized carbons (Fsp3) is 0.158. The zero-order valence-electron chi connectivity index (χ0n) is 14.1. The zero-order valence-corrected chi connectivity index (χ0v) is 14.8. The van der Waals surface area contributed by atoms with Crippen LogP contribution in [0.2, 0.25) is 5.02 Å². The van der Waals surface area contributed by atoms with Gasteiger partial charge in [-0.25, -0.2) is 0 Å². The minimum atomic E-state index is -0.323. The Morgan fingerprint density at radius 2 is 1.96 bits per heavy atom. The molecule has 0 aliphatic rings. The predicted octanol–water partition coefficient (Wildman–Crippen LogP) is 4.49. The van der Waals surface area contributed by atoms with Crippen molar-refractivity contribution in [2.45, 2.75) is 13.8 Å². The van der Waals surface area contributed by atoms with Crippen molar-refractivity contribution in [1.29, 1.82) is 5.26 Å². The normalized spacial score (nSPS) is 10.5. The lowest BCUT2D eigenvalue weighted by atomic mass is 10.1. The second-order valence-electron chi connectivity index (χ2n) is 5.71. The molecule has 2 aromatic heterocycles. The first-order valence-electron chi connectivity index (χ1n) is 7.65. The molecule has 0 bridgehead atoms. The Balaban J connectivity index is 2.05. The molecule has 0 aliphatic heterocycles. The molecule has 5 nitrogen and oxygen atoms in total. The van der Waals surface area contributed by atoms with Crippen LogP contribution in [-0.2, 0) is 0 Å². The van der Waals surface area contributed by atoms with Gasteiger partial charge >= 0.3 is 0 Å². The number of anilines is 1. The molecule has 0 saturated carbocycles. The molecule has 3 aromatic rings. The second kappa shape index (κ2) is 6.50. The topological polar surface area (TPSA) is 62.2 Å². The highest BCUT2D eigenvalue weighted by atomic mass is 35.5. The molecule has 0 spiro atoms. The van der Waals surface area contributed by atoms with E-state index in [4.69, 9.17) is 16.0 Å². The summed E-state index contributed by atoms with van der Waals surface area (Å²) in [6.07, 6.45) is 3.52. The maximum absolute atomic E-state index is 13.0. The first-order valence-corrected chi connectivity index (χ1v) is 8.03. The molecule has 0 N–H and O–H groups in total. The van der Waals surface area contributed by atoms with Crippen LogP contribution in [0.15, 0.2) is 47.1 Å². The number of nitrogens with zero attached hydrogens (tertiary/aromatic N) is 3. The van der Waals surface area contributed by atoms with Crippen molar-refractivity contribution in [2.75, 3.05) is 11.9 Å². The lowest BCUT2D eigenvalue weighted by Crippen LogP contribution is -2.27. The third-order valence-corrected chi connectivity index (χ3v) is 4.48. The molecule has 0 fully saturated rings. The van der Waals surface area contributed by atoms with E-state index in [1.807, 2.05) is 31.2 Å². The fourth-order valence-corrected chi connectivity index (χ4v) is 2.79. The van der Waals surface area contributed by atoms with Gasteiger partial charge in [0.25, 0.3) is 5.91 Å². The summed E-state index contributed by atoms with van der Waals surface area (Å²) in [5, 5.41) is 10.2. The summed E-state index contributed by atoms with van der Waals surface area (Å²) < 4.78 is 7.37. The van der Waals surface area contributed by atoms with Crippen LogP contribution < -0.4 is 4.90 Å². The van der Waals surface area contributed by atoms with Crippen molar-refractivity contribution >= 4 is 23.2 Å². The van der Waals surface area contributed by atoms with Gasteiger partial charge in [-0.2, -0.15) is 5.26 Å². The summed E-state index contributed by atoms with van der Waals surface area (Å²) in [5.74, 6) is 0.412. The summed E-state index contributed by atoms with van der Waals surface area (Å²) in [6.45, 7) is 3.57. The maximum Gasteiger partial charge on any atom is 0.262 e. The quantitative estimate of drug-likeness (QED) is 0.697. The third kappa shape index (κ3) is 2.92. The van der Waals surface area contributed by atoms with Crippen LogP contribution in [0.5, 0.6) is 0 Å². The van der Waals surface area contributed by atoms with Gasteiger partial charge in [0.05, 0.1) is 0 Å². The van der Waals surface area contributed by atoms with Gasteiger partial charge < -0.3 is 9.32 Å². The van der Waals surface area contributed by atoms with Gasteiger partial charge in [0.2, 0.25) is 5.88 Å². The number of carbonyl (C=O) groups excluding carboxylic acids is 1. The largest absolute Gasteiger partial charge is 0.443 e. The molecule has 6 heteroatoms. The van der Waals surface area contributed by atoms with Crippen LogP contribution >= 0.6 is 11.6 Å². The van der Waals surface area contributed by atoms with Crippen LogP contribution in [0.1, 0.15) is 27.2 Å². The minimum absolute atomic E-state index is 0.212. The van der Waals surface area contributed by atoms with E-state index in [1.165, 1.54) is 4.90 Å². The van der Waals surface area contributed by atoms with Crippen LogP contribution in [-0.4, -0.2) is 17.5 Å². The molecule has 0 atom stereocenters. The second-order valence-corrected chi connectivity index (χ2v) is 6.12. The first kappa shape index (κ1) is 16.9. The molecule has 126 valence electrons. The number of rotatable bonds is 3. The number of aryl methyl sites for hydroxylation is 2. The van der Waals surface area contributed by atoms with E-state index in [0.717, 1.165) is 5.56 Å². The number of amides is 1. The number of benzene rings is 1. The van der Waals surface area contributed by atoms with E-state index < -0.39 is 0 Å². The highest BCUT2D eigenvalue weighted by molar-refractivity contribution is 6.31. The number of halogens is 1. The van der Waals surface area contributed by atoms with Crippen LogP contribution in [0.4, 0.5) is 5.69 Å². The molecule has 0 aliphatic carbocycles. The van der Waals surface area contributed by atoms with Crippen LogP contribution in [0.25, 0.3) is 5.88 Å². The van der Waals surface area contributed by atoms with E-state index in [-0.39, 0.29) is 17.0 Å². The van der Waals surface area contributed by atoms with E-state index >= 15 is 0 Å². The number of nitriles is 1. The van der Waals surface area contributed by atoms with Crippen molar-refractivity contribution in [3.63, 3.8) is 0 Å². The van der Waals surface area contributed by atoms with Crippen molar-refractivity contribution in [1.82, 2.24) is 4.57 Å². The Morgan fingerprint density at radius 3 is 2.56 bits per heavy atom. The summed E-state index contributed by atoms with van der Waals surface area (Å²) in [7, 11) is 1.65. The van der Waals surface area contributed by atoms with Gasteiger partial charge in [-0.05, 0) is 43.7 Å².